The molecule has 2 N–H and O–H groups in total. The van der Waals surface area contributed by atoms with Crippen LogP contribution in [0.25, 0.3) is 0 Å². The highest BCUT2D eigenvalue weighted by atomic mass is 32.2. The Kier molecular flexibility index (Phi) is 5.03. The maximum absolute atomic E-state index is 11.8. The Labute approximate surface area is 129 Å². The van der Waals surface area contributed by atoms with Crippen molar-refractivity contribution in [1.82, 2.24) is 20.1 Å². The van der Waals surface area contributed by atoms with Crippen molar-refractivity contribution in [3.05, 3.63) is 10.5 Å². The van der Waals surface area contributed by atoms with Gasteiger partial charge < -0.3 is 10.1 Å². The fourth-order valence-electron chi connectivity index (χ4n) is 2.77. The lowest BCUT2D eigenvalue weighted by atomic mass is 10.0. The standard InChI is InChI=1S/C14H24N4O2S/c1-2-6-15-12(10-5-7-20-8-10)9-21-14-17-16-13(19)18(14)11-3-4-11/h10-12,15H,2-9H2,1H3,(H,16,19). The third-order valence-electron chi connectivity index (χ3n) is 4.17. The Balaban J connectivity index is 1.61. The van der Waals surface area contributed by atoms with Gasteiger partial charge in [-0.2, -0.15) is 0 Å². The number of nitrogens with zero attached hydrogens (tertiary/aromatic N) is 2. The molecule has 0 radical (unpaired) electrons. The minimum atomic E-state index is -0.0673. The van der Waals surface area contributed by atoms with Gasteiger partial charge in [-0.25, -0.2) is 9.89 Å². The van der Waals surface area contributed by atoms with Crippen molar-refractivity contribution in [2.75, 3.05) is 25.5 Å². The summed E-state index contributed by atoms with van der Waals surface area (Å²) in [5.41, 5.74) is -0.0673. The van der Waals surface area contributed by atoms with Crippen molar-refractivity contribution in [1.29, 1.82) is 0 Å². The molecule has 0 amide bonds. The van der Waals surface area contributed by atoms with E-state index in [4.69, 9.17) is 4.74 Å². The third-order valence-corrected chi connectivity index (χ3v) is 5.24. The number of hydrogen-bond acceptors (Lipinski definition) is 5. The molecule has 1 aromatic heterocycles. The van der Waals surface area contributed by atoms with Gasteiger partial charge in [0.1, 0.15) is 0 Å². The summed E-state index contributed by atoms with van der Waals surface area (Å²) in [4.78, 5) is 11.8. The van der Waals surface area contributed by atoms with Crippen LogP contribution in [0.15, 0.2) is 9.95 Å². The molecule has 1 saturated carbocycles. The summed E-state index contributed by atoms with van der Waals surface area (Å²) in [6, 6.07) is 0.799. The fourth-order valence-corrected chi connectivity index (χ4v) is 3.97. The van der Waals surface area contributed by atoms with Crippen LogP contribution in [0.3, 0.4) is 0 Å². The second-order valence-electron chi connectivity index (χ2n) is 5.91. The molecule has 2 fully saturated rings. The van der Waals surface area contributed by atoms with Gasteiger partial charge in [0.2, 0.25) is 0 Å². The first kappa shape index (κ1) is 15.1. The summed E-state index contributed by atoms with van der Waals surface area (Å²) in [7, 11) is 0. The highest BCUT2D eigenvalue weighted by Crippen LogP contribution is 2.36. The highest BCUT2D eigenvalue weighted by Gasteiger charge is 2.30. The van der Waals surface area contributed by atoms with Gasteiger partial charge >= 0.3 is 5.69 Å². The van der Waals surface area contributed by atoms with E-state index in [0.717, 1.165) is 56.4 Å². The van der Waals surface area contributed by atoms with Gasteiger partial charge in [0.05, 0.1) is 6.61 Å². The molecule has 1 aliphatic carbocycles. The Hall–Kier alpha value is -0.790. The van der Waals surface area contributed by atoms with Crippen LogP contribution in [-0.4, -0.2) is 46.3 Å². The minimum Gasteiger partial charge on any atom is -0.381 e. The fraction of sp³-hybridized carbons (Fsp3) is 0.857. The van der Waals surface area contributed by atoms with E-state index in [1.165, 1.54) is 0 Å². The molecular formula is C14H24N4O2S. The molecule has 1 aromatic rings. The largest absolute Gasteiger partial charge is 0.381 e. The molecule has 0 aromatic carbocycles. The van der Waals surface area contributed by atoms with E-state index in [1.807, 2.05) is 4.57 Å². The van der Waals surface area contributed by atoms with Gasteiger partial charge in [0, 0.05) is 30.4 Å². The molecule has 2 aliphatic rings. The molecule has 3 rings (SSSR count). The lowest BCUT2D eigenvalue weighted by molar-refractivity contribution is 0.179. The van der Waals surface area contributed by atoms with E-state index < -0.39 is 0 Å². The summed E-state index contributed by atoms with van der Waals surface area (Å²) in [5.74, 6) is 1.51. The summed E-state index contributed by atoms with van der Waals surface area (Å²) in [6.45, 7) is 4.92. The van der Waals surface area contributed by atoms with E-state index in [2.05, 4.69) is 22.4 Å². The van der Waals surface area contributed by atoms with Crippen LogP contribution in [0.5, 0.6) is 0 Å². The van der Waals surface area contributed by atoms with E-state index in [-0.39, 0.29) is 5.69 Å². The Morgan fingerprint density at radius 2 is 2.38 bits per heavy atom. The van der Waals surface area contributed by atoms with Gasteiger partial charge in [-0.05, 0) is 32.2 Å². The van der Waals surface area contributed by atoms with Gasteiger partial charge in [-0.15, -0.1) is 5.10 Å². The Bertz CT molecular complexity index is 505. The lowest BCUT2D eigenvalue weighted by Crippen LogP contribution is -2.39. The minimum absolute atomic E-state index is 0.0673. The molecule has 0 spiro atoms. The molecular weight excluding hydrogens is 288 g/mol. The molecule has 1 saturated heterocycles. The molecule has 2 unspecified atom stereocenters. The number of ether oxygens (including phenoxy) is 1. The molecule has 6 nitrogen and oxygen atoms in total. The van der Waals surface area contributed by atoms with Gasteiger partial charge in [0.25, 0.3) is 0 Å². The van der Waals surface area contributed by atoms with Crippen LogP contribution in [0, 0.1) is 5.92 Å². The second-order valence-corrected chi connectivity index (χ2v) is 6.89. The first-order chi connectivity index (χ1) is 10.3. The zero-order valence-electron chi connectivity index (χ0n) is 12.5. The lowest BCUT2D eigenvalue weighted by Gasteiger charge is -2.23. The number of aromatic nitrogens is 3. The number of rotatable bonds is 8. The summed E-state index contributed by atoms with van der Waals surface area (Å²) < 4.78 is 7.35. The normalized spacial score (nSPS) is 23.6. The van der Waals surface area contributed by atoms with Gasteiger partial charge in [0.15, 0.2) is 5.16 Å². The number of aromatic amines is 1. The highest BCUT2D eigenvalue weighted by molar-refractivity contribution is 7.99. The molecule has 118 valence electrons. The van der Waals surface area contributed by atoms with Crippen molar-refractivity contribution >= 4 is 11.8 Å². The first-order valence-electron chi connectivity index (χ1n) is 7.90. The van der Waals surface area contributed by atoms with Crippen LogP contribution in [-0.2, 0) is 4.74 Å². The zero-order chi connectivity index (χ0) is 14.7. The summed E-state index contributed by atoms with van der Waals surface area (Å²) in [6.07, 6.45) is 4.45. The van der Waals surface area contributed by atoms with Crippen molar-refractivity contribution in [2.45, 2.75) is 49.8 Å². The van der Waals surface area contributed by atoms with Crippen molar-refractivity contribution in [3.63, 3.8) is 0 Å². The molecule has 0 bridgehead atoms. The molecule has 1 aliphatic heterocycles. The second kappa shape index (κ2) is 6.98. The van der Waals surface area contributed by atoms with E-state index in [1.54, 1.807) is 11.8 Å². The SMILES string of the molecule is CCCNC(CSc1n[nH]c(=O)n1C1CC1)C1CCOC1. The van der Waals surface area contributed by atoms with E-state index >= 15 is 0 Å². The van der Waals surface area contributed by atoms with Crippen LogP contribution >= 0.6 is 11.8 Å². The van der Waals surface area contributed by atoms with Crippen molar-refractivity contribution in [3.8, 4) is 0 Å². The van der Waals surface area contributed by atoms with Gasteiger partial charge in [-0.1, -0.05) is 18.7 Å². The van der Waals surface area contributed by atoms with Crippen molar-refractivity contribution < 1.29 is 4.74 Å². The summed E-state index contributed by atoms with van der Waals surface area (Å²) >= 11 is 1.68. The van der Waals surface area contributed by atoms with E-state index in [0.29, 0.717) is 18.0 Å². The molecule has 2 atom stereocenters. The Morgan fingerprint density at radius 3 is 3.05 bits per heavy atom. The third kappa shape index (κ3) is 3.70. The smallest absolute Gasteiger partial charge is 0.344 e. The Morgan fingerprint density at radius 1 is 1.52 bits per heavy atom. The van der Waals surface area contributed by atoms with Crippen LogP contribution < -0.4 is 11.0 Å². The number of H-pyrrole nitrogens is 1. The predicted octanol–water partition coefficient (Wildman–Crippen LogP) is 1.40. The topological polar surface area (TPSA) is 71.9 Å². The van der Waals surface area contributed by atoms with Crippen LogP contribution in [0.2, 0.25) is 0 Å². The maximum atomic E-state index is 11.8. The first-order valence-corrected chi connectivity index (χ1v) is 8.89. The van der Waals surface area contributed by atoms with Crippen LogP contribution in [0.1, 0.15) is 38.6 Å². The van der Waals surface area contributed by atoms with Gasteiger partial charge in [-0.3, -0.25) is 4.57 Å². The predicted molar refractivity (Wildman–Crippen MR) is 82.9 cm³/mol. The molecule has 2 heterocycles. The maximum Gasteiger partial charge on any atom is 0.344 e. The van der Waals surface area contributed by atoms with E-state index in [9.17, 15) is 4.79 Å². The summed E-state index contributed by atoms with van der Waals surface area (Å²) in [5, 5.41) is 11.2. The average molecular weight is 312 g/mol. The monoisotopic (exact) mass is 312 g/mol. The molecule has 7 heteroatoms. The number of thioether (sulfide) groups is 1. The van der Waals surface area contributed by atoms with Crippen molar-refractivity contribution in [2.24, 2.45) is 5.92 Å². The quantitative estimate of drug-likeness (QED) is 0.710. The number of hydrogen-bond donors (Lipinski definition) is 2. The van der Waals surface area contributed by atoms with Crippen LogP contribution in [0.4, 0.5) is 0 Å². The zero-order valence-corrected chi connectivity index (χ0v) is 13.3. The molecule has 21 heavy (non-hydrogen) atoms. The number of nitrogens with one attached hydrogen (secondary N) is 2. The average Bonchev–Trinajstić information content (AvgIpc) is 3.03.